The SMILES string of the molecule is Cn1cc(CCC(O)c2cccc(OC(F)F)c2)cn1. The van der Waals surface area contributed by atoms with Gasteiger partial charge in [0.15, 0.2) is 0 Å². The Morgan fingerprint density at radius 3 is 2.85 bits per heavy atom. The minimum Gasteiger partial charge on any atom is -0.435 e. The lowest BCUT2D eigenvalue weighted by molar-refractivity contribution is -0.0499. The van der Waals surface area contributed by atoms with Gasteiger partial charge in [0.2, 0.25) is 0 Å². The summed E-state index contributed by atoms with van der Waals surface area (Å²) in [6.07, 6.45) is 4.04. The molecule has 0 radical (unpaired) electrons. The van der Waals surface area contributed by atoms with E-state index in [0.29, 0.717) is 18.4 Å². The summed E-state index contributed by atoms with van der Waals surface area (Å²) in [5.74, 6) is 0.0536. The molecule has 0 saturated carbocycles. The van der Waals surface area contributed by atoms with Gasteiger partial charge in [-0.15, -0.1) is 0 Å². The molecule has 1 atom stereocenters. The Bertz CT molecular complexity index is 558. The Hall–Kier alpha value is -1.95. The molecule has 1 aromatic heterocycles. The smallest absolute Gasteiger partial charge is 0.387 e. The first-order valence-corrected chi connectivity index (χ1v) is 6.25. The number of alkyl halides is 2. The summed E-state index contributed by atoms with van der Waals surface area (Å²) >= 11 is 0. The largest absolute Gasteiger partial charge is 0.435 e. The third-order valence-corrected chi connectivity index (χ3v) is 2.93. The highest BCUT2D eigenvalue weighted by Crippen LogP contribution is 2.23. The third-order valence-electron chi connectivity index (χ3n) is 2.93. The second kappa shape index (κ2) is 6.47. The number of aliphatic hydroxyl groups is 1. The van der Waals surface area contributed by atoms with E-state index in [1.54, 1.807) is 23.0 Å². The molecule has 1 aromatic carbocycles. The van der Waals surface area contributed by atoms with Crippen LogP contribution in [0.2, 0.25) is 0 Å². The van der Waals surface area contributed by atoms with Crippen molar-refractivity contribution in [3.63, 3.8) is 0 Å². The second-order valence-electron chi connectivity index (χ2n) is 4.53. The van der Waals surface area contributed by atoms with Gasteiger partial charge >= 0.3 is 6.61 Å². The van der Waals surface area contributed by atoms with Gasteiger partial charge in [-0.05, 0) is 36.1 Å². The van der Waals surface area contributed by atoms with Crippen molar-refractivity contribution >= 4 is 0 Å². The first-order valence-electron chi connectivity index (χ1n) is 6.25. The van der Waals surface area contributed by atoms with E-state index in [9.17, 15) is 13.9 Å². The molecule has 0 aliphatic carbocycles. The van der Waals surface area contributed by atoms with Crippen molar-refractivity contribution in [2.45, 2.75) is 25.6 Å². The minimum atomic E-state index is -2.86. The maximum Gasteiger partial charge on any atom is 0.387 e. The fourth-order valence-corrected chi connectivity index (χ4v) is 1.97. The quantitative estimate of drug-likeness (QED) is 0.886. The van der Waals surface area contributed by atoms with Gasteiger partial charge in [-0.3, -0.25) is 4.68 Å². The first kappa shape index (κ1) is 14.5. The van der Waals surface area contributed by atoms with Crippen molar-refractivity contribution in [2.75, 3.05) is 0 Å². The molecule has 0 fully saturated rings. The van der Waals surface area contributed by atoms with Gasteiger partial charge in [0.1, 0.15) is 5.75 Å². The van der Waals surface area contributed by atoms with Crippen LogP contribution in [0.1, 0.15) is 23.7 Å². The van der Waals surface area contributed by atoms with Crippen molar-refractivity contribution in [3.05, 3.63) is 47.8 Å². The average Bonchev–Trinajstić information content (AvgIpc) is 2.81. The molecule has 0 aliphatic rings. The van der Waals surface area contributed by atoms with Crippen LogP contribution in [0.3, 0.4) is 0 Å². The van der Waals surface area contributed by atoms with Crippen molar-refractivity contribution in [2.24, 2.45) is 7.05 Å². The molecule has 0 aliphatic heterocycles. The molecule has 2 rings (SSSR count). The highest BCUT2D eigenvalue weighted by molar-refractivity contribution is 5.30. The maximum absolute atomic E-state index is 12.1. The van der Waals surface area contributed by atoms with Crippen LogP contribution in [0, 0.1) is 0 Å². The summed E-state index contributed by atoms with van der Waals surface area (Å²) in [5, 5.41) is 14.1. The van der Waals surface area contributed by atoms with E-state index < -0.39 is 12.7 Å². The normalized spacial score (nSPS) is 12.7. The zero-order chi connectivity index (χ0) is 14.5. The van der Waals surface area contributed by atoms with Gasteiger partial charge in [0.25, 0.3) is 0 Å². The topological polar surface area (TPSA) is 47.3 Å². The number of benzene rings is 1. The Balaban J connectivity index is 1.96. The van der Waals surface area contributed by atoms with E-state index in [4.69, 9.17) is 0 Å². The van der Waals surface area contributed by atoms with E-state index in [1.807, 2.05) is 13.2 Å². The lowest BCUT2D eigenvalue weighted by atomic mass is 10.0. The molecular weight excluding hydrogens is 266 g/mol. The number of halogens is 2. The average molecular weight is 282 g/mol. The molecule has 108 valence electrons. The predicted molar refractivity (Wildman–Crippen MR) is 69.6 cm³/mol. The summed E-state index contributed by atoms with van der Waals surface area (Å²) in [7, 11) is 1.82. The zero-order valence-electron chi connectivity index (χ0n) is 11.0. The third kappa shape index (κ3) is 4.03. The molecular formula is C14H16F2N2O2. The first-order chi connectivity index (χ1) is 9.54. The number of aliphatic hydroxyl groups excluding tert-OH is 1. The summed E-state index contributed by atoms with van der Waals surface area (Å²) < 4.78 is 30.3. The van der Waals surface area contributed by atoms with Gasteiger partial charge in [-0.25, -0.2) is 0 Å². The molecule has 1 heterocycles. The van der Waals surface area contributed by atoms with Gasteiger partial charge in [-0.2, -0.15) is 13.9 Å². The monoisotopic (exact) mass is 282 g/mol. The summed E-state index contributed by atoms with van der Waals surface area (Å²) in [4.78, 5) is 0. The fraction of sp³-hybridized carbons (Fsp3) is 0.357. The summed E-state index contributed by atoms with van der Waals surface area (Å²) in [5.41, 5.74) is 1.58. The predicted octanol–water partition coefficient (Wildman–Crippen LogP) is 2.69. The molecule has 1 unspecified atom stereocenters. The Morgan fingerprint density at radius 1 is 1.40 bits per heavy atom. The van der Waals surface area contributed by atoms with E-state index in [-0.39, 0.29) is 5.75 Å². The van der Waals surface area contributed by atoms with Crippen LogP contribution < -0.4 is 4.74 Å². The molecule has 0 saturated heterocycles. The molecule has 2 aromatic rings. The van der Waals surface area contributed by atoms with E-state index in [1.165, 1.54) is 12.1 Å². The van der Waals surface area contributed by atoms with Crippen molar-refractivity contribution in [1.29, 1.82) is 0 Å². The molecule has 0 bridgehead atoms. The van der Waals surface area contributed by atoms with Crippen LogP contribution in [0.4, 0.5) is 8.78 Å². The fourth-order valence-electron chi connectivity index (χ4n) is 1.97. The molecule has 6 heteroatoms. The van der Waals surface area contributed by atoms with Gasteiger partial charge < -0.3 is 9.84 Å². The molecule has 0 amide bonds. The highest BCUT2D eigenvalue weighted by atomic mass is 19.3. The molecule has 4 nitrogen and oxygen atoms in total. The standard InChI is InChI=1S/C14H16F2N2O2/c1-18-9-10(8-17-18)5-6-13(19)11-3-2-4-12(7-11)20-14(15)16/h2-4,7-9,13-14,19H,5-6H2,1H3. The Kier molecular flexibility index (Phi) is 4.68. The number of aryl methyl sites for hydroxylation is 2. The minimum absolute atomic E-state index is 0.0536. The summed E-state index contributed by atoms with van der Waals surface area (Å²) in [6.45, 7) is -2.86. The van der Waals surface area contributed by atoms with Crippen molar-refractivity contribution in [1.82, 2.24) is 9.78 Å². The van der Waals surface area contributed by atoms with Crippen LogP contribution in [-0.2, 0) is 13.5 Å². The van der Waals surface area contributed by atoms with Gasteiger partial charge in [0.05, 0.1) is 12.3 Å². The van der Waals surface area contributed by atoms with Crippen molar-refractivity contribution < 1.29 is 18.6 Å². The number of ether oxygens (including phenoxy) is 1. The van der Waals surface area contributed by atoms with E-state index in [2.05, 4.69) is 9.84 Å². The van der Waals surface area contributed by atoms with Crippen LogP contribution in [0.5, 0.6) is 5.75 Å². The number of hydrogen-bond acceptors (Lipinski definition) is 3. The summed E-state index contributed by atoms with van der Waals surface area (Å²) in [6, 6.07) is 6.14. The highest BCUT2D eigenvalue weighted by Gasteiger charge is 2.11. The Labute approximate surface area is 115 Å². The number of nitrogens with zero attached hydrogens (tertiary/aromatic N) is 2. The zero-order valence-corrected chi connectivity index (χ0v) is 11.0. The lowest BCUT2D eigenvalue weighted by Crippen LogP contribution is -2.04. The van der Waals surface area contributed by atoms with Gasteiger partial charge in [0, 0.05) is 13.2 Å². The second-order valence-corrected chi connectivity index (χ2v) is 4.53. The molecule has 0 spiro atoms. The maximum atomic E-state index is 12.1. The number of aromatic nitrogens is 2. The lowest BCUT2D eigenvalue weighted by Gasteiger charge is -2.12. The van der Waals surface area contributed by atoms with Crippen LogP contribution >= 0.6 is 0 Å². The van der Waals surface area contributed by atoms with E-state index in [0.717, 1.165) is 5.56 Å². The molecule has 20 heavy (non-hydrogen) atoms. The van der Waals surface area contributed by atoms with Crippen molar-refractivity contribution in [3.8, 4) is 5.75 Å². The van der Waals surface area contributed by atoms with E-state index >= 15 is 0 Å². The molecule has 1 N–H and O–H groups in total. The Morgan fingerprint density at radius 2 is 2.20 bits per heavy atom. The number of rotatable bonds is 6. The number of hydrogen-bond donors (Lipinski definition) is 1. The van der Waals surface area contributed by atoms with Crippen LogP contribution in [0.15, 0.2) is 36.7 Å². The van der Waals surface area contributed by atoms with Crippen LogP contribution in [0.25, 0.3) is 0 Å². The van der Waals surface area contributed by atoms with Gasteiger partial charge in [-0.1, -0.05) is 12.1 Å². The van der Waals surface area contributed by atoms with Crippen LogP contribution in [-0.4, -0.2) is 21.5 Å².